The topological polar surface area (TPSA) is 55.1 Å². The minimum absolute atomic E-state index is 0.101. The molecule has 5 heteroatoms. The number of carbonyl (C=O) groups excluding carboxylic acids is 1. The van der Waals surface area contributed by atoms with Crippen molar-refractivity contribution in [2.24, 2.45) is 0 Å². The standard InChI is InChI=1S/C15H14ClFN2O/c1-2-9-3-5-11(8-14(9)18)19-15(20)12-7-10(16)4-6-13(12)17/h3-8H,2,18H2,1H3,(H,19,20). The summed E-state index contributed by atoms with van der Waals surface area (Å²) in [5.41, 5.74) is 7.86. The first-order valence-corrected chi connectivity index (χ1v) is 6.54. The maximum absolute atomic E-state index is 13.6. The Hall–Kier alpha value is -2.07. The van der Waals surface area contributed by atoms with Crippen molar-refractivity contribution in [3.05, 3.63) is 58.4 Å². The molecule has 0 saturated carbocycles. The van der Waals surface area contributed by atoms with Gasteiger partial charge < -0.3 is 11.1 Å². The highest BCUT2D eigenvalue weighted by Crippen LogP contribution is 2.20. The number of amides is 1. The second-order valence-corrected chi connectivity index (χ2v) is 4.78. The quantitative estimate of drug-likeness (QED) is 0.844. The first kappa shape index (κ1) is 14.3. The Balaban J connectivity index is 2.23. The summed E-state index contributed by atoms with van der Waals surface area (Å²) in [6.45, 7) is 1.99. The Bertz CT molecular complexity index is 658. The molecule has 0 atom stereocenters. The van der Waals surface area contributed by atoms with Crippen LogP contribution in [0.3, 0.4) is 0 Å². The predicted octanol–water partition coefficient (Wildman–Crippen LogP) is 3.88. The molecule has 1 amide bonds. The van der Waals surface area contributed by atoms with E-state index in [1.165, 1.54) is 12.1 Å². The van der Waals surface area contributed by atoms with E-state index in [-0.39, 0.29) is 5.56 Å². The molecule has 0 fully saturated rings. The van der Waals surface area contributed by atoms with Crippen LogP contribution in [0, 0.1) is 5.82 Å². The average Bonchev–Trinajstić information content (AvgIpc) is 2.41. The molecule has 0 aromatic heterocycles. The highest BCUT2D eigenvalue weighted by atomic mass is 35.5. The van der Waals surface area contributed by atoms with Crippen molar-refractivity contribution in [2.45, 2.75) is 13.3 Å². The Labute approximate surface area is 121 Å². The van der Waals surface area contributed by atoms with E-state index in [1.807, 2.05) is 13.0 Å². The van der Waals surface area contributed by atoms with Crippen LogP contribution >= 0.6 is 11.6 Å². The van der Waals surface area contributed by atoms with Crippen LogP contribution in [0.4, 0.5) is 15.8 Å². The maximum atomic E-state index is 13.6. The summed E-state index contributed by atoms with van der Waals surface area (Å²) in [6, 6.07) is 9.05. The molecule has 0 bridgehead atoms. The van der Waals surface area contributed by atoms with Crippen molar-refractivity contribution in [1.29, 1.82) is 0 Å². The van der Waals surface area contributed by atoms with E-state index in [9.17, 15) is 9.18 Å². The first-order valence-electron chi connectivity index (χ1n) is 6.16. The summed E-state index contributed by atoms with van der Waals surface area (Å²) in [5.74, 6) is -1.18. The number of carbonyl (C=O) groups is 1. The van der Waals surface area contributed by atoms with E-state index in [2.05, 4.69) is 5.32 Å². The third-order valence-electron chi connectivity index (χ3n) is 2.96. The fourth-order valence-corrected chi connectivity index (χ4v) is 2.04. The third-order valence-corrected chi connectivity index (χ3v) is 3.19. The molecule has 0 unspecified atom stereocenters. The van der Waals surface area contributed by atoms with Gasteiger partial charge in [0.25, 0.3) is 5.91 Å². The first-order chi connectivity index (χ1) is 9.51. The molecule has 2 aromatic rings. The van der Waals surface area contributed by atoms with Crippen LogP contribution in [0.25, 0.3) is 0 Å². The Kier molecular flexibility index (Phi) is 4.25. The fourth-order valence-electron chi connectivity index (χ4n) is 1.86. The summed E-state index contributed by atoms with van der Waals surface area (Å²) in [6.07, 6.45) is 0.809. The van der Waals surface area contributed by atoms with Crippen LogP contribution in [-0.4, -0.2) is 5.91 Å². The monoisotopic (exact) mass is 292 g/mol. The van der Waals surface area contributed by atoms with Crippen LogP contribution in [0.15, 0.2) is 36.4 Å². The van der Waals surface area contributed by atoms with Gasteiger partial charge in [0.1, 0.15) is 5.82 Å². The molecule has 3 nitrogen and oxygen atoms in total. The van der Waals surface area contributed by atoms with E-state index in [1.54, 1.807) is 12.1 Å². The Morgan fingerprint density at radius 1 is 1.30 bits per heavy atom. The summed E-state index contributed by atoms with van der Waals surface area (Å²) in [5, 5.41) is 2.90. The van der Waals surface area contributed by atoms with Crippen molar-refractivity contribution in [2.75, 3.05) is 11.1 Å². The molecule has 0 spiro atoms. The van der Waals surface area contributed by atoms with E-state index in [0.29, 0.717) is 16.4 Å². The van der Waals surface area contributed by atoms with Gasteiger partial charge in [-0.05, 0) is 42.3 Å². The van der Waals surface area contributed by atoms with Crippen LogP contribution in [0.2, 0.25) is 5.02 Å². The van der Waals surface area contributed by atoms with Crippen molar-refractivity contribution >= 4 is 28.9 Å². The van der Waals surface area contributed by atoms with Gasteiger partial charge in [-0.2, -0.15) is 0 Å². The average molecular weight is 293 g/mol. The number of hydrogen-bond donors (Lipinski definition) is 2. The number of rotatable bonds is 3. The van der Waals surface area contributed by atoms with Crippen LogP contribution < -0.4 is 11.1 Å². The minimum atomic E-state index is -0.620. The minimum Gasteiger partial charge on any atom is -0.398 e. The zero-order valence-corrected chi connectivity index (χ0v) is 11.7. The van der Waals surface area contributed by atoms with E-state index in [4.69, 9.17) is 17.3 Å². The van der Waals surface area contributed by atoms with Crippen LogP contribution in [0.1, 0.15) is 22.8 Å². The largest absolute Gasteiger partial charge is 0.398 e. The summed E-state index contributed by atoms with van der Waals surface area (Å²) < 4.78 is 13.6. The maximum Gasteiger partial charge on any atom is 0.258 e. The molecule has 0 radical (unpaired) electrons. The van der Waals surface area contributed by atoms with Gasteiger partial charge in [0.15, 0.2) is 0 Å². The zero-order chi connectivity index (χ0) is 14.7. The number of benzene rings is 2. The molecule has 2 aromatic carbocycles. The van der Waals surface area contributed by atoms with Crippen molar-refractivity contribution in [3.8, 4) is 0 Å². The Morgan fingerprint density at radius 2 is 2.05 bits per heavy atom. The van der Waals surface area contributed by atoms with E-state index >= 15 is 0 Å². The molecule has 2 rings (SSSR count). The van der Waals surface area contributed by atoms with E-state index in [0.717, 1.165) is 18.1 Å². The van der Waals surface area contributed by atoms with Gasteiger partial charge in [0.05, 0.1) is 5.56 Å². The van der Waals surface area contributed by atoms with Gasteiger partial charge in [-0.25, -0.2) is 4.39 Å². The van der Waals surface area contributed by atoms with Crippen LogP contribution in [-0.2, 0) is 6.42 Å². The lowest BCUT2D eigenvalue weighted by molar-refractivity contribution is 0.102. The van der Waals surface area contributed by atoms with Crippen molar-refractivity contribution < 1.29 is 9.18 Å². The molecule has 0 aliphatic rings. The normalized spacial score (nSPS) is 10.3. The summed E-state index contributed by atoms with van der Waals surface area (Å²) in [4.78, 5) is 12.0. The highest BCUT2D eigenvalue weighted by molar-refractivity contribution is 6.31. The predicted molar refractivity (Wildman–Crippen MR) is 79.6 cm³/mol. The molecular formula is C15H14ClFN2O. The molecule has 20 heavy (non-hydrogen) atoms. The van der Waals surface area contributed by atoms with E-state index < -0.39 is 11.7 Å². The van der Waals surface area contributed by atoms with Crippen LogP contribution in [0.5, 0.6) is 0 Å². The molecular weight excluding hydrogens is 279 g/mol. The third kappa shape index (κ3) is 3.08. The molecule has 0 heterocycles. The SMILES string of the molecule is CCc1ccc(NC(=O)c2cc(Cl)ccc2F)cc1N. The number of halogens is 2. The molecule has 3 N–H and O–H groups in total. The van der Waals surface area contributed by atoms with Crippen molar-refractivity contribution in [3.63, 3.8) is 0 Å². The molecule has 0 aliphatic carbocycles. The lowest BCUT2D eigenvalue weighted by Crippen LogP contribution is -2.14. The number of aryl methyl sites for hydroxylation is 1. The van der Waals surface area contributed by atoms with Gasteiger partial charge in [-0.15, -0.1) is 0 Å². The molecule has 0 aliphatic heterocycles. The smallest absolute Gasteiger partial charge is 0.258 e. The second-order valence-electron chi connectivity index (χ2n) is 4.35. The van der Waals surface area contributed by atoms with Gasteiger partial charge in [-0.3, -0.25) is 4.79 Å². The lowest BCUT2D eigenvalue weighted by atomic mass is 10.1. The zero-order valence-electron chi connectivity index (χ0n) is 10.9. The molecule has 104 valence electrons. The summed E-state index contributed by atoms with van der Waals surface area (Å²) in [7, 11) is 0. The number of hydrogen-bond acceptors (Lipinski definition) is 2. The highest BCUT2D eigenvalue weighted by Gasteiger charge is 2.13. The van der Waals surface area contributed by atoms with Gasteiger partial charge in [0.2, 0.25) is 0 Å². The van der Waals surface area contributed by atoms with Gasteiger partial charge >= 0.3 is 0 Å². The number of nitrogen functional groups attached to an aromatic ring is 1. The second kappa shape index (κ2) is 5.92. The number of anilines is 2. The summed E-state index contributed by atoms with van der Waals surface area (Å²) >= 11 is 5.76. The number of nitrogens with one attached hydrogen (secondary N) is 1. The fraction of sp³-hybridized carbons (Fsp3) is 0.133. The Morgan fingerprint density at radius 3 is 2.70 bits per heavy atom. The van der Waals surface area contributed by atoms with Gasteiger partial charge in [-0.1, -0.05) is 24.6 Å². The molecule has 0 saturated heterocycles. The van der Waals surface area contributed by atoms with Gasteiger partial charge in [0, 0.05) is 16.4 Å². The lowest BCUT2D eigenvalue weighted by Gasteiger charge is -2.09. The number of nitrogens with two attached hydrogens (primary N) is 1. The van der Waals surface area contributed by atoms with Crippen molar-refractivity contribution in [1.82, 2.24) is 0 Å².